The average molecular weight is 394 g/mol. The highest BCUT2D eigenvalue weighted by atomic mass is 19.4. The number of rotatable bonds is 3. The van der Waals surface area contributed by atoms with Crippen molar-refractivity contribution in [2.75, 3.05) is 7.05 Å². The summed E-state index contributed by atoms with van der Waals surface area (Å²) >= 11 is 0. The predicted octanol–water partition coefficient (Wildman–Crippen LogP) is 3.05. The number of carbonyl (C=O) groups excluding carboxylic acids is 1. The van der Waals surface area contributed by atoms with E-state index >= 15 is 0 Å². The van der Waals surface area contributed by atoms with E-state index < -0.39 is 23.2 Å². The topological polar surface area (TPSA) is 68.3 Å². The molecule has 3 aromatic heterocycles. The van der Waals surface area contributed by atoms with Crippen molar-refractivity contribution < 1.29 is 18.0 Å². The fraction of sp³-hybridized carbons (Fsp3) is 0.444. The fourth-order valence-corrected chi connectivity index (χ4v) is 2.72. The van der Waals surface area contributed by atoms with Crippen LogP contribution < -0.4 is 0 Å². The van der Waals surface area contributed by atoms with Crippen LogP contribution in [0, 0.1) is 0 Å². The summed E-state index contributed by atoms with van der Waals surface area (Å²) in [4.78, 5) is 18.3. The van der Waals surface area contributed by atoms with Crippen molar-refractivity contribution in [3.05, 3.63) is 47.2 Å². The lowest BCUT2D eigenvalue weighted by molar-refractivity contribution is -0.142. The second kappa shape index (κ2) is 6.61. The second-order valence-corrected chi connectivity index (χ2v) is 7.72. The molecule has 0 saturated carbocycles. The molecular weight excluding hydrogens is 373 g/mol. The summed E-state index contributed by atoms with van der Waals surface area (Å²) in [5.74, 6) is -0.512. The van der Waals surface area contributed by atoms with Crippen LogP contribution in [0.15, 0.2) is 24.4 Å². The lowest BCUT2D eigenvalue weighted by Crippen LogP contribution is -2.27. The van der Waals surface area contributed by atoms with E-state index in [1.165, 1.54) is 11.0 Å². The summed E-state index contributed by atoms with van der Waals surface area (Å²) < 4.78 is 42.9. The van der Waals surface area contributed by atoms with Crippen molar-refractivity contribution in [2.24, 2.45) is 7.05 Å². The van der Waals surface area contributed by atoms with Crippen molar-refractivity contribution in [1.29, 1.82) is 0 Å². The van der Waals surface area contributed by atoms with Crippen LogP contribution in [0.25, 0.3) is 5.65 Å². The van der Waals surface area contributed by atoms with Crippen molar-refractivity contribution >= 4 is 11.6 Å². The van der Waals surface area contributed by atoms with E-state index in [1.807, 2.05) is 0 Å². The Bertz CT molecular complexity index is 1030. The Morgan fingerprint density at radius 2 is 1.86 bits per heavy atom. The predicted molar refractivity (Wildman–Crippen MR) is 95.7 cm³/mol. The van der Waals surface area contributed by atoms with Gasteiger partial charge in [-0.1, -0.05) is 20.8 Å². The Kier molecular flexibility index (Phi) is 4.68. The molecule has 0 bridgehead atoms. The van der Waals surface area contributed by atoms with Gasteiger partial charge in [0.2, 0.25) is 0 Å². The first-order valence-electron chi connectivity index (χ1n) is 8.59. The number of aryl methyl sites for hydroxylation is 1. The molecule has 0 N–H and O–H groups in total. The van der Waals surface area contributed by atoms with Gasteiger partial charge in [0.1, 0.15) is 5.69 Å². The Hall–Kier alpha value is -2.91. The first-order valence-corrected chi connectivity index (χ1v) is 8.59. The third kappa shape index (κ3) is 3.85. The molecular formula is C18H21F3N6O. The number of aromatic nitrogens is 5. The van der Waals surface area contributed by atoms with Crippen molar-refractivity contribution in [1.82, 2.24) is 29.3 Å². The van der Waals surface area contributed by atoms with Crippen LogP contribution in [0.5, 0.6) is 0 Å². The first-order chi connectivity index (χ1) is 12.9. The van der Waals surface area contributed by atoms with Gasteiger partial charge >= 0.3 is 6.18 Å². The Morgan fingerprint density at radius 1 is 1.18 bits per heavy atom. The SMILES string of the molecule is CN(Cc1ccn(C)n1)C(=O)c1cc2nc(C(C)(C)C)cc(C(F)(F)F)n2n1. The number of alkyl halides is 3. The largest absolute Gasteiger partial charge is 0.433 e. The zero-order valence-electron chi connectivity index (χ0n) is 16.2. The van der Waals surface area contributed by atoms with E-state index in [1.54, 1.807) is 51.8 Å². The number of hydrogen-bond donors (Lipinski definition) is 0. The summed E-state index contributed by atoms with van der Waals surface area (Å²) in [5, 5.41) is 8.08. The maximum absolute atomic E-state index is 13.6. The molecule has 0 unspecified atom stereocenters. The van der Waals surface area contributed by atoms with Crippen LogP contribution in [0.3, 0.4) is 0 Å². The molecule has 7 nitrogen and oxygen atoms in total. The van der Waals surface area contributed by atoms with Gasteiger partial charge in [0.05, 0.1) is 17.9 Å². The Labute approximate surface area is 159 Å². The molecule has 10 heteroatoms. The summed E-state index contributed by atoms with van der Waals surface area (Å²) in [5.41, 5.74) is -0.753. The van der Waals surface area contributed by atoms with Gasteiger partial charge in [-0.15, -0.1) is 0 Å². The molecule has 0 aliphatic rings. The zero-order chi connectivity index (χ0) is 20.9. The smallest absolute Gasteiger partial charge is 0.334 e. The van der Waals surface area contributed by atoms with Gasteiger partial charge in [0, 0.05) is 31.8 Å². The van der Waals surface area contributed by atoms with Crippen LogP contribution in [0.4, 0.5) is 13.2 Å². The van der Waals surface area contributed by atoms with E-state index in [0.717, 1.165) is 6.07 Å². The summed E-state index contributed by atoms with van der Waals surface area (Å²) in [7, 11) is 3.30. The lowest BCUT2D eigenvalue weighted by atomic mass is 9.91. The summed E-state index contributed by atoms with van der Waals surface area (Å²) in [6.07, 6.45) is -2.89. The molecule has 1 amide bonds. The third-order valence-electron chi connectivity index (χ3n) is 4.22. The molecule has 0 radical (unpaired) electrons. The van der Waals surface area contributed by atoms with Crippen molar-refractivity contribution in [3.63, 3.8) is 0 Å². The number of halogens is 3. The molecule has 0 aliphatic heterocycles. The molecule has 3 aromatic rings. The van der Waals surface area contributed by atoms with Crippen LogP contribution in [-0.2, 0) is 25.2 Å². The summed E-state index contributed by atoms with van der Waals surface area (Å²) in [6.45, 7) is 5.53. The summed E-state index contributed by atoms with van der Waals surface area (Å²) in [6, 6.07) is 4.01. The molecule has 3 rings (SSSR count). The number of hydrogen-bond acceptors (Lipinski definition) is 4. The molecule has 0 atom stereocenters. The molecule has 0 saturated heterocycles. The standard InChI is InChI=1S/C18H21F3N6O/c1-17(2,3)13-9-14(18(19,20)21)27-15(22-13)8-12(24-27)16(28)25(4)10-11-6-7-26(5)23-11/h6-9H,10H2,1-5H3. The number of fused-ring (bicyclic) bond motifs is 1. The van der Waals surface area contributed by atoms with Crippen molar-refractivity contribution in [2.45, 2.75) is 38.9 Å². The Balaban J connectivity index is 2.01. The molecule has 3 heterocycles. The fourth-order valence-electron chi connectivity index (χ4n) is 2.72. The van der Waals surface area contributed by atoms with E-state index in [2.05, 4.69) is 15.2 Å². The van der Waals surface area contributed by atoms with Crippen LogP contribution in [0.1, 0.15) is 48.3 Å². The maximum Gasteiger partial charge on any atom is 0.433 e. The first kappa shape index (κ1) is 19.8. The molecule has 28 heavy (non-hydrogen) atoms. The van der Waals surface area contributed by atoms with Gasteiger partial charge < -0.3 is 4.90 Å². The molecule has 150 valence electrons. The van der Waals surface area contributed by atoms with Gasteiger partial charge in [-0.05, 0) is 12.1 Å². The minimum atomic E-state index is -4.63. The van der Waals surface area contributed by atoms with E-state index in [4.69, 9.17) is 0 Å². The van der Waals surface area contributed by atoms with Gasteiger partial charge in [-0.25, -0.2) is 9.50 Å². The van der Waals surface area contributed by atoms with Gasteiger partial charge in [0.25, 0.3) is 5.91 Å². The molecule has 0 fully saturated rings. The minimum Gasteiger partial charge on any atom is -0.334 e. The van der Waals surface area contributed by atoms with Crippen LogP contribution >= 0.6 is 0 Å². The highest BCUT2D eigenvalue weighted by molar-refractivity contribution is 5.93. The average Bonchev–Trinajstić information content (AvgIpc) is 3.17. The van der Waals surface area contributed by atoms with Gasteiger partial charge in [0.15, 0.2) is 11.3 Å². The lowest BCUT2D eigenvalue weighted by Gasteiger charge is -2.19. The minimum absolute atomic E-state index is 0.0191. The zero-order valence-corrected chi connectivity index (χ0v) is 16.2. The highest BCUT2D eigenvalue weighted by Crippen LogP contribution is 2.32. The van der Waals surface area contributed by atoms with E-state index in [0.29, 0.717) is 10.2 Å². The third-order valence-corrected chi connectivity index (χ3v) is 4.22. The number of amides is 1. The second-order valence-electron chi connectivity index (χ2n) is 7.72. The monoisotopic (exact) mass is 394 g/mol. The van der Waals surface area contributed by atoms with Crippen molar-refractivity contribution in [3.8, 4) is 0 Å². The molecule has 0 spiro atoms. The highest BCUT2D eigenvalue weighted by Gasteiger charge is 2.36. The van der Waals surface area contributed by atoms with Gasteiger partial charge in [-0.3, -0.25) is 9.48 Å². The number of carbonyl (C=O) groups is 1. The molecule has 0 aromatic carbocycles. The quantitative estimate of drug-likeness (QED) is 0.685. The van der Waals surface area contributed by atoms with E-state index in [9.17, 15) is 18.0 Å². The number of nitrogens with zero attached hydrogens (tertiary/aromatic N) is 6. The molecule has 0 aliphatic carbocycles. The van der Waals surface area contributed by atoms with Crippen LogP contribution in [0.2, 0.25) is 0 Å². The van der Waals surface area contributed by atoms with Gasteiger partial charge in [-0.2, -0.15) is 23.4 Å². The van der Waals surface area contributed by atoms with E-state index in [-0.39, 0.29) is 23.6 Å². The Morgan fingerprint density at radius 3 is 2.39 bits per heavy atom. The maximum atomic E-state index is 13.6. The van der Waals surface area contributed by atoms with Crippen LogP contribution in [-0.4, -0.2) is 42.2 Å². The normalized spacial score (nSPS) is 12.6.